The number of hydrogen-bond acceptors (Lipinski definition) is 15. The van der Waals surface area contributed by atoms with Crippen LogP contribution < -0.4 is 31.5 Å². The van der Waals surface area contributed by atoms with Crippen molar-refractivity contribution in [2.45, 2.75) is 49.3 Å². The number of aryl methyl sites for hydroxylation is 1. The first-order valence-electron chi connectivity index (χ1n) is 15.2. The van der Waals surface area contributed by atoms with E-state index in [4.69, 9.17) is 13.8 Å². The molecule has 16 nitrogen and oxygen atoms in total. The molecule has 4 rings (SSSR count). The molecule has 276 valence electrons. The summed E-state index contributed by atoms with van der Waals surface area (Å²) < 4.78 is 101. The lowest BCUT2D eigenvalue weighted by Gasteiger charge is -2.32. The van der Waals surface area contributed by atoms with Crippen molar-refractivity contribution in [3.8, 4) is 5.75 Å². The van der Waals surface area contributed by atoms with Gasteiger partial charge in [-0.2, -0.15) is 25.3 Å². The molecule has 0 amide bonds. The number of benzene rings is 3. The second-order valence-corrected chi connectivity index (χ2v) is 18.0. The standard InChI is InChI=1S/C29H40N6O10S5/c1-19-16-24(25(45-2)18-23(19)35-34-21-11-10-20-8-7-9-26(22(20)17-21)50(42,43)44)30-27-31-28(46-12-3-5-14-48(36,37)38)33-29(32-27)47-13-4-6-15-49(39,40)41/h7-11,16-18,27-28,30-31,34-35H,3-6,12-15H2,1-2H3,(H,32,33)(H,36,37,38)(H,39,40,41)(H,42,43,44). The van der Waals surface area contributed by atoms with E-state index in [0.29, 0.717) is 75.9 Å². The van der Waals surface area contributed by atoms with Crippen molar-refractivity contribution >= 4 is 86.9 Å². The zero-order valence-electron chi connectivity index (χ0n) is 27.1. The third kappa shape index (κ3) is 12.6. The largest absolute Gasteiger partial charge is 0.495 e. The van der Waals surface area contributed by atoms with Gasteiger partial charge in [-0.1, -0.05) is 30.0 Å². The molecule has 0 bridgehead atoms. The van der Waals surface area contributed by atoms with E-state index in [1.807, 2.05) is 13.0 Å². The first-order valence-corrected chi connectivity index (χ1v) is 21.9. The lowest BCUT2D eigenvalue weighted by Crippen LogP contribution is -2.56. The number of methoxy groups -OCH3 is 1. The van der Waals surface area contributed by atoms with Crippen molar-refractivity contribution in [1.29, 1.82) is 0 Å². The van der Waals surface area contributed by atoms with Gasteiger partial charge in [0.05, 0.1) is 35.7 Å². The third-order valence-corrected chi connectivity index (χ3v) is 11.8. The lowest BCUT2D eigenvalue weighted by molar-refractivity contribution is 0.414. The molecule has 1 aliphatic heterocycles. The number of ether oxygens (including phenoxy) is 1. The number of unbranched alkanes of at least 4 members (excludes halogenated alkanes) is 2. The number of anilines is 3. The Hall–Kier alpha value is -3.02. The van der Waals surface area contributed by atoms with Gasteiger partial charge >= 0.3 is 0 Å². The summed E-state index contributed by atoms with van der Waals surface area (Å²) in [6.45, 7) is 1.88. The normalized spacial score (nSPS) is 16.8. The van der Waals surface area contributed by atoms with Crippen molar-refractivity contribution < 1.29 is 43.6 Å². The van der Waals surface area contributed by atoms with E-state index in [1.165, 1.54) is 36.7 Å². The smallest absolute Gasteiger partial charge is 0.295 e. The van der Waals surface area contributed by atoms with Gasteiger partial charge in [0.2, 0.25) is 0 Å². The van der Waals surface area contributed by atoms with Crippen molar-refractivity contribution in [2.75, 3.05) is 46.3 Å². The molecule has 2 unspecified atom stereocenters. The maximum absolute atomic E-state index is 11.9. The highest BCUT2D eigenvalue weighted by atomic mass is 32.2. The number of amidine groups is 1. The van der Waals surface area contributed by atoms with Gasteiger partial charge in [-0.15, -0.1) is 11.8 Å². The molecule has 3 aromatic carbocycles. The monoisotopic (exact) mass is 792 g/mol. The van der Waals surface area contributed by atoms with Crippen LogP contribution in [-0.2, 0) is 30.4 Å². The fourth-order valence-corrected chi connectivity index (χ4v) is 8.65. The predicted octanol–water partition coefficient (Wildman–Crippen LogP) is 4.17. The van der Waals surface area contributed by atoms with Crippen LogP contribution >= 0.6 is 23.5 Å². The fourth-order valence-electron chi connectivity index (χ4n) is 4.81. The Labute approximate surface area is 300 Å². The Morgan fingerprint density at radius 3 is 2.22 bits per heavy atom. The third-order valence-electron chi connectivity index (χ3n) is 7.23. The van der Waals surface area contributed by atoms with Crippen LogP contribution in [0.2, 0.25) is 0 Å². The molecule has 21 heteroatoms. The molecule has 0 radical (unpaired) electrons. The fraction of sp³-hybridized carbons (Fsp3) is 0.414. The Bertz CT molecular complexity index is 2010. The number of rotatable bonds is 18. The maximum atomic E-state index is 11.9. The van der Waals surface area contributed by atoms with Gasteiger partial charge in [0.15, 0.2) is 17.0 Å². The maximum Gasteiger partial charge on any atom is 0.295 e. The van der Waals surface area contributed by atoms with Crippen LogP contribution in [0.1, 0.15) is 31.2 Å². The predicted molar refractivity (Wildman–Crippen MR) is 200 cm³/mol. The summed E-state index contributed by atoms with van der Waals surface area (Å²) in [6.07, 6.45) is 1.14. The van der Waals surface area contributed by atoms with E-state index in [0.717, 1.165) is 5.56 Å². The minimum atomic E-state index is -4.43. The number of fused-ring (bicyclic) bond motifs is 1. The van der Waals surface area contributed by atoms with Gasteiger partial charge < -0.3 is 26.2 Å². The molecule has 1 heterocycles. The molecule has 0 saturated heterocycles. The number of thioether (sulfide) groups is 2. The highest BCUT2D eigenvalue weighted by Gasteiger charge is 2.24. The molecular weight excluding hydrogens is 753 g/mol. The van der Waals surface area contributed by atoms with E-state index < -0.39 is 42.1 Å². The van der Waals surface area contributed by atoms with Crippen LogP contribution in [0.15, 0.2) is 58.4 Å². The van der Waals surface area contributed by atoms with Crippen LogP contribution in [0.5, 0.6) is 5.75 Å². The topological polar surface area (TPSA) is 245 Å². The minimum Gasteiger partial charge on any atom is -0.495 e. The van der Waals surface area contributed by atoms with Crippen LogP contribution in [0.3, 0.4) is 0 Å². The van der Waals surface area contributed by atoms with Crippen molar-refractivity contribution in [2.24, 2.45) is 4.99 Å². The van der Waals surface area contributed by atoms with E-state index in [9.17, 15) is 29.8 Å². The van der Waals surface area contributed by atoms with Crippen LogP contribution in [0.25, 0.3) is 10.8 Å². The second-order valence-electron chi connectivity index (χ2n) is 11.2. The van der Waals surface area contributed by atoms with Crippen molar-refractivity contribution in [1.82, 2.24) is 10.6 Å². The van der Waals surface area contributed by atoms with E-state index in [1.54, 1.807) is 36.4 Å². The quantitative estimate of drug-likeness (QED) is 0.0512. The SMILES string of the molecule is COc1cc(NNc2ccc3cccc(S(=O)(=O)O)c3c2)c(C)cc1NC1NC(SCCCCS(=O)(=O)O)=NC(SCCCCS(=O)(=O)O)N1. The molecule has 0 aliphatic carbocycles. The number of nitrogens with zero attached hydrogens (tertiary/aromatic N) is 1. The van der Waals surface area contributed by atoms with Crippen molar-refractivity contribution in [3.63, 3.8) is 0 Å². The zero-order valence-corrected chi connectivity index (χ0v) is 31.2. The summed E-state index contributed by atoms with van der Waals surface area (Å²) >= 11 is 2.85. The summed E-state index contributed by atoms with van der Waals surface area (Å²) in [5.41, 5.74) is 8.45. The molecule has 0 aromatic heterocycles. The van der Waals surface area contributed by atoms with Gasteiger partial charge in [0.25, 0.3) is 30.4 Å². The Kier molecular flexibility index (Phi) is 13.9. The molecule has 0 fully saturated rings. The van der Waals surface area contributed by atoms with Gasteiger partial charge in [-0.25, -0.2) is 10.3 Å². The highest BCUT2D eigenvalue weighted by molar-refractivity contribution is 8.13. The summed E-state index contributed by atoms with van der Waals surface area (Å²) in [6, 6.07) is 13.4. The van der Waals surface area contributed by atoms with Crippen LogP contribution in [-0.4, -0.2) is 86.0 Å². The van der Waals surface area contributed by atoms with E-state index in [-0.39, 0.29) is 16.4 Å². The molecule has 0 saturated carbocycles. The average molecular weight is 793 g/mol. The minimum absolute atomic E-state index is 0.196. The van der Waals surface area contributed by atoms with Crippen LogP contribution in [0.4, 0.5) is 17.1 Å². The summed E-state index contributed by atoms with van der Waals surface area (Å²) in [5.74, 6) is 0.969. The molecule has 0 spiro atoms. The van der Waals surface area contributed by atoms with E-state index >= 15 is 0 Å². The molecule has 3 aromatic rings. The van der Waals surface area contributed by atoms with Gasteiger partial charge in [0, 0.05) is 17.2 Å². The van der Waals surface area contributed by atoms with Gasteiger partial charge in [-0.3, -0.25) is 13.7 Å². The molecule has 1 aliphatic rings. The number of aliphatic imine (C=N–C) groups is 1. The van der Waals surface area contributed by atoms with Crippen molar-refractivity contribution in [3.05, 3.63) is 54.1 Å². The van der Waals surface area contributed by atoms with Gasteiger partial charge in [0.1, 0.15) is 10.6 Å². The van der Waals surface area contributed by atoms with Crippen LogP contribution in [0, 0.1) is 6.92 Å². The Morgan fingerprint density at radius 1 is 0.860 bits per heavy atom. The first kappa shape index (κ1) is 39.8. The molecular formula is C29H40N6O10S5. The summed E-state index contributed by atoms with van der Waals surface area (Å²) in [7, 11) is -11.0. The Balaban J connectivity index is 1.44. The Morgan fingerprint density at radius 2 is 1.56 bits per heavy atom. The molecule has 2 atom stereocenters. The molecule has 50 heavy (non-hydrogen) atoms. The number of hydrazine groups is 1. The first-order chi connectivity index (χ1) is 23.5. The highest BCUT2D eigenvalue weighted by Crippen LogP contribution is 2.33. The summed E-state index contributed by atoms with van der Waals surface area (Å²) in [5, 5.41) is 11.6. The van der Waals surface area contributed by atoms with Gasteiger partial charge in [-0.05, 0) is 73.6 Å². The zero-order chi connectivity index (χ0) is 36.5. The van der Waals surface area contributed by atoms with E-state index in [2.05, 4.69) is 31.8 Å². The summed E-state index contributed by atoms with van der Waals surface area (Å²) in [4.78, 5) is 4.48. The molecule has 8 N–H and O–H groups in total. The average Bonchev–Trinajstić information content (AvgIpc) is 3.02. The number of hydrogen-bond donors (Lipinski definition) is 8. The second kappa shape index (κ2) is 17.5. The lowest BCUT2D eigenvalue weighted by atomic mass is 10.1. The number of nitrogens with one attached hydrogen (secondary N) is 5.